The van der Waals surface area contributed by atoms with Crippen molar-refractivity contribution in [1.82, 2.24) is 15.3 Å². The zero-order valence-electron chi connectivity index (χ0n) is 18.1. The molecule has 8 heteroatoms. The van der Waals surface area contributed by atoms with Gasteiger partial charge in [-0.15, -0.1) is 0 Å². The zero-order chi connectivity index (χ0) is 23.0. The summed E-state index contributed by atoms with van der Waals surface area (Å²) in [4.78, 5) is 19.0. The summed E-state index contributed by atoms with van der Waals surface area (Å²) in [5.74, 6) is -0.265. The van der Waals surface area contributed by atoms with Gasteiger partial charge in [-0.2, -0.15) is 0 Å². The molecular weight excluding hydrogens is 423 g/mol. The summed E-state index contributed by atoms with van der Waals surface area (Å²) in [5, 5.41) is 15.8. The average molecular weight is 448 g/mol. The van der Waals surface area contributed by atoms with E-state index < -0.39 is 11.1 Å². The molecule has 1 saturated carbocycles. The number of halogens is 1. The average Bonchev–Trinajstić information content (AvgIpc) is 3.61. The standard InChI is InChI=1S/C12H9FN2O2.C9H7N.C4H9NO/c13-9-5-8(9)11-6-12(15(16)17)7-3-1-2-4-10(7)14-11;1-2-6-9-8(4-1)5-3-7-10-9;1-3-6-4-2-5-1/h1-4,6,8-9H,5H2;1-7H;5H,1-4H2. The molecule has 6 rings (SSSR count). The van der Waals surface area contributed by atoms with Gasteiger partial charge >= 0.3 is 0 Å². The quantitative estimate of drug-likeness (QED) is 0.350. The molecule has 4 aromatic rings. The van der Waals surface area contributed by atoms with Crippen LogP contribution in [0.15, 0.2) is 72.9 Å². The molecule has 0 amide bonds. The Morgan fingerprint density at radius 1 is 1.00 bits per heavy atom. The van der Waals surface area contributed by atoms with Crippen molar-refractivity contribution < 1.29 is 14.1 Å². The van der Waals surface area contributed by atoms with Crippen molar-refractivity contribution in [2.24, 2.45) is 0 Å². The van der Waals surface area contributed by atoms with Crippen LogP contribution in [-0.4, -0.2) is 47.4 Å². The number of alkyl halides is 1. The number of rotatable bonds is 2. The Hall–Kier alpha value is -3.49. The second kappa shape index (κ2) is 10.9. The van der Waals surface area contributed by atoms with Crippen molar-refractivity contribution in [2.75, 3.05) is 26.3 Å². The number of hydrogen-bond acceptors (Lipinski definition) is 6. The van der Waals surface area contributed by atoms with Crippen molar-refractivity contribution in [1.29, 1.82) is 0 Å². The first kappa shape index (κ1) is 22.7. The predicted octanol–water partition coefficient (Wildman–Crippen LogP) is 4.81. The lowest BCUT2D eigenvalue weighted by atomic mass is 10.1. The molecule has 2 aromatic heterocycles. The highest BCUT2D eigenvalue weighted by molar-refractivity contribution is 5.88. The van der Waals surface area contributed by atoms with Gasteiger partial charge in [0.15, 0.2) is 0 Å². The number of aromatic nitrogens is 2. The van der Waals surface area contributed by atoms with Crippen LogP contribution in [-0.2, 0) is 4.74 Å². The minimum absolute atomic E-state index is 0.00435. The number of nitro groups is 1. The molecule has 1 aliphatic carbocycles. The van der Waals surface area contributed by atoms with Gasteiger partial charge in [0.2, 0.25) is 0 Å². The first-order valence-electron chi connectivity index (χ1n) is 10.9. The molecule has 2 aromatic carbocycles. The Bertz CT molecular complexity index is 1160. The molecule has 0 radical (unpaired) electrons. The largest absolute Gasteiger partial charge is 0.379 e. The minimum atomic E-state index is -0.900. The van der Waals surface area contributed by atoms with Crippen LogP contribution in [0.25, 0.3) is 21.8 Å². The normalized spacial score (nSPS) is 19.1. The number of ether oxygens (including phenoxy) is 1. The van der Waals surface area contributed by atoms with Gasteiger partial charge in [0.25, 0.3) is 5.69 Å². The van der Waals surface area contributed by atoms with E-state index >= 15 is 0 Å². The van der Waals surface area contributed by atoms with Crippen LogP contribution in [0.1, 0.15) is 18.0 Å². The highest BCUT2D eigenvalue weighted by Crippen LogP contribution is 2.44. The fourth-order valence-corrected chi connectivity index (χ4v) is 3.52. The van der Waals surface area contributed by atoms with Crippen molar-refractivity contribution in [3.63, 3.8) is 0 Å². The van der Waals surface area contributed by atoms with E-state index in [1.165, 1.54) is 11.5 Å². The maximum atomic E-state index is 13.0. The van der Waals surface area contributed by atoms with Gasteiger partial charge in [-0.3, -0.25) is 20.1 Å². The smallest absolute Gasteiger partial charge is 0.280 e. The molecule has 1 aliphatic heterocycles. The van der Waals surface area contributed by atoms with Crippen molar-refractivity contribution in [3.8, 4) is 0 Å². The van der Waals surface area contributed by atoms with Gasteiger partial charge in [-0.1, -0.05) is 36.4 Å². The molecular formula is C25H25FN4O3. The number of nitrogens with one attached hydrogen (secondary N) is 1. The molecule has 2 atom stereocenters. The third-order valence-electron chi connectivity index (χ3n) is 5.36. The van der Waals surface area contributed by atoms with Crippen LogP contribution in [0.5, 0.6) is 0 Å². The van der Waals surface area contributed by atoms with Gasteiger partial charge < -0.3 is 10.1 Å². The molecule has 0 spiro atoms. The summed E-state index contributed by atoms with van der Waals surface area (Å²) in [6, 6.07) is 20.3. The number of morpholine rings is 1. The maximum Gasteiger partial charge on any atom is 0.280 e. The minimum Gasteiger partial charge on any atom is -0.379 e. The summed E-state index contributed by atoms with van der Waals surface area (Å²) >= 11 is 0. The Kier molecular flexibility index (Phi) is 7.49. The van der Waals surface area contributed by atoms with Crippen LogP contribution >= 0.6 is 0 Å². The lowest BCUT2D eigenvalue weighted by molar-refractivity contribution is -0.383. The highest BCUT2D eigenvalue weighted by Gasteiger charge is 2.41. The van der Waals surface area contributed by atoms with Crippen molar-refractivity contribution in [2.45, 2.75) is 18.5 Å². The van der Waals surface area contributed by atoms with Gasteiger partial charge in [-0.05, 0) is 30.7 Å². The fraction of sp³-hybridized carbons (Fsp3) is 0.280. The van der Waals surface area contributed by atoms with Crippen LogP contribution in [0.4, 0.5) is 10.1 Å². The van der Waals surface area contributed by atoms with E-state index in [9.17, 15) is 14.5 Å². The third kappa shape index (κ3) is 6.06. The summed E-state index contributed by atoms with van der Waals surface area (Å²) in [7, 11) is 0. The summed E-state index contributed by atoms with van der Waals surface area (Å²) in [6.07, 6.45) is 1.33. The topological polar surface area (TPSA) is 90.2 Å². The Labute approximate surface area is 190 Å². The maximum absolute atomic E-state index is 13.0. The second-order valence-corrected chi connectivity index (χ2v) is 7.76. The molecule has 170 valence electrons. The summed E-state index contributed by atoms with van der Waals surface area (Å²) in [5.41, 5.74) is 2.11. The monoisotopic (exact) mass is 448 g/mol. The first-order chi connectivity index (χ1) is 16.1. The molecule has 2 fully saturated rings. The number of nitrogens with zero attached hydrogens (tertiary/aromatic N) is 3. The molecule has 3 heterocycles. The SMILES string of the molecule is C1COCCN1.O=[N+]([O-])c1cc(C2CC2F)nc2ccccc12.c1ccc2ncccc2c1. The van der Waals surface area contributed by atoms with Crippen LogP contribution in [0.2, 0.25) is 0 Å². The lowest BCUT2D eigenvalue weighted by Crippen LogP contribution is -2.30. The predicted molar refractivity (Wildman–Crippen MR) is 126 cm³/mol. The van der Waals surface area contributed by atoms with E-state index in [4.69, 9.17) is 4.74 Å². The molecule has 1 N–H and O–H groups in total. The Morgan fingerprint density at radius 2 is 1.67 bits per heavy atom. The second-order valence-electron chi connectivity index (χ2n) is 7.76. The lowest BCUT2D eigenvalue weighted by Gasteiger charge is -2.10. The third-order valence-corrected chi connectivity index (χ3v) is 5.36. The van der Waals surface area contributed by atoms with Gasteiger partial charge in [0, 0.05) is 36.7 Å². The summed E-state index contributed by atoms with van der Waals surface area (Å²) < 4.78 is 18.0. The van der Waals surface area contributed by atoms with E-state index in [-0.39, 0.29) is 11.6 Å². The molecule has 33 heavy (non-hydrogen) atoms. The highest BCUT2D eigenvalue weighted by atomic mass is 19.1. The molecule has 0 bridgehead atoms. The fourth-order valence-electron chi connectivity index (χ4n) is 3.52. The van der Waals surface area contributed by atoms with E-state index in [1.54, 1.807) is 24.3 Å². The van der Waals surface area contributed by atoms with E-state index in [0.29, 0.717) is 23.0 Å². The van der Waals surface area contributed by atoms with E-state index in [1.807, 2.05) is 30.5 Å². The van der Waals surface area contributed by atoms with Crippen molar-refractivity contribution in [3.05, 3.63) is 88.7 Å². The van der Waals surface area contributed by atoms with E-state index in [0.717, 1.165) is 31.8 Å². The summed E-state index contributed by atoms with van der Waals surface area (Å²) in [6.45, 7) is 3.83. The molecule has 2 unspecified atom stereocenters. The van der Waals surface area contributed by atoms with Gasteiger partial charge in [0.1, 0.15) is 6.17 Å². The van der Waals surface area contributed by atoms with Gasteiger partial charge in [-0.25, -0.2) is 4.39 Å². The number of fused-ring (bicyclic) bond motifs is 2. The van der Waals surface area contributed by atoms with Gasteiger partial charge in [0.05, 0.1) is 40.3 Å². The zero-order valence-corrected chi connectivity index (χ0v) is 18.1. The Balaban J connectivity index is 0.000000136. The van der Waals surface area contributed by atoms with E-state index in [2.05, 4.69) is 27.4 Å². The van der Waals surface area contributed by atoms with Crippen LogP contribution in [0.3, 0.4) is 0 Å². The van der Waals surface area contributed by atoms with Crippen LogP contribution < -0.4 is 5.32 Å². The molecule has 2 aliphatic rings. The number of pyridine rings is 2. The van der Waals surface area contributed by atoms with Crippen molar-refractivity contribution >= 4 is 27.5 Å². The number of para-hydroxylation sites is 2. The van der Waals surface area contributed by atoms with Crippen LogP contribution in [0, 0.1) is 10.1 Å². The Morgan fingerprint density at radius 3 is 2.27 bits per heavy atom. The first-order valence-corrected chi connectivity index (χ1v) is 10.9. The molecule has 7 nitrogen and oxygen atoms in total. The number of benzene rings is 2. The molecule has 1 saturated heterocycles. The number of hydrogen-bond donors (Lipinski definition) is 1.